The first-order chi connectivity index (χ1) is 10.0. The average molecular weight is 358 g/mol. The summed E-state index contributed by atoms with van der Waals surface area (Å²) in [7, 11) is 0. The lowest BCUT2D eigenvalue weighted by atomic mass is 10.1. The summed E-state index contributed by atoms with van der Waals surface area (Å²) in [5.74, 6) is 0.713. The van der Waals surface area contributed by atoms with Crippen LogP contribution in [-0.2, 0) is 11.2 Å². The number of ether oxygens (including phenoxy) is 1. The number of aryl methyl sites for hydroxylation is 1. The van der Waals surface area contributed by atoms with E-state index < -0.39 is 6.10 Å². The summed E-state index contributed by atoms with van der Waals surface area (Å²) in [5, 5.41) is 13.2. The fourth-order valence-corrected chi connectivity index (χ4v) is 2.54. The van der Waals surface area contributed by atoms with E-state index in [1.807, 2.05) is 12.1 Å². The van der Waals surface area contributed by atoms with E-state index in [9.17, 15) is 5.11 Å². The predicted octanol–water partition coefficient (Wildman–Crippen LogP) is 4.24. The molecule has 0 amide bonds. The SMILES string of the molecule is CCc1cc(Br)ccc1NCC(O)COCCCC(C)C. The zero-order valence-electron chi connectivity index (χ0n) is 13.4. The molecule has 1 aromatic carbocycles. The zero-order valence-corrected chi connectivity index (χ0v) is 14.9. The largest absolute Gasteiger partial charge is 0.389 e. The minimum atomic E-state index is -0.475. The minimum Gasteiger partial charge on any atom is -0.389 e. The molecule has 0 radical (unpaired) electrons. The van der Waals surface area contributed by atoms with Gasteiger partial charge in [0.2, 0.25) is 0 Å². The Morgan fingerprint density at radius 2 is 2.10 bits per heavy atom. The molecule has 1 rings (SSSR count). The average Bonchev–Trinajstić information content (AvgIpc) is 2.45. The van der Waals surface area contributed by atoms with Crippen molar-refractivity contribution in [1.82, 2.24) is 0 Å². The molecule has 1 atom stereocenters. The molecule has 0 saturated carbocycles. The van der Waals surface area contributed by atoms with E-state index >= 15 is 0 Å². The second-order valence-corrected chi connectivity index (χ2v) is 6.72. The molecule has 2 N–H and O–H groups in total. The Kier molecular flexibility index (Phi) is 8.97. The van der Waals surface area contributed by atoms with Gasteiger partial charge in [0.25, 0.3) is 0 Å². The maximum atomic E-state index is 9.94. The zero-order chi connectivity index (χ0) is 15.7. The van der Waals surface area contributed by atoms with Crippen molar-refractivity contribution >= 4 is 21.6 Å². The van der Waals surface area contributed by atoms with Crippen LogP contribution in [0, 0.1) is 5.92 Å². The molecule has 0 aromatic heterocycles. The number of benzene rings is 1. The van der Waals surface area contributed by atoms with Crippen molar-refractivity contribution in [3.05, 3.63) is 28.2 Å². The van der Waals surface area contributed by atoms with Gasteiger partial charge in [-0.25, -0.2) is 0 Å². The number of hydrogen-bond donors (Lipinski definition) is 2. The molecule has 0 bridgehead atoms. The van der Waals surface area contributed by atoms with Gasteiger partial charge in [0.15, 0.2) is 0 Å². The van der Waals surface area contributed by atoms with Crippen LogP contribution in [0.4, 0.5) is 5.69 Å². The van der Waals surface area contributed by atoms with Crippen molar-refractivity contribution in [3.8, 4) is 0 Å². The van der Waals surface area contributed by atoms with Crippen molar-refractivity contribution < 1.29 is 9.84 Å². The fourth-order valence-electron chi connectivity index (χ4n) is 2.13. The van der Waals surface area contributed by atoms with Gasteiger partial charge < -0.3 is 15.2 Å². The number of rotatable bonds is 10. The van der Waals surface area contributed by atoms with E-state index in [1.54, 1.807) is 0 Å². The first-order valence-corrected chi connectivity index (χ1v) is 8.60. The molecular formula is C17H28BrNO2. The predicted molar refractivity (Wildman–Crippen MR) is 92.9 cm³/mol. The Labute approximate surface area is 137 Å². The number of halogens is 1. The minimum absolute atomic E-state index is 0.392. The van der Waals surface area contributed by atoms with Crippen LogP contribution in [0.5, 0.6) is 0 Å². The summed E-state index contributed by atoms with van der Waals surface area (Å²) in [4.78, 5) is 0. The molecule has 0 heterocycles. The quantitative estimate of drug-likeness (QED) is 0.615. The smallest absolute Gasteiger partial charge is 0.0945 e. The molecule has 0 aliphatic heterocycles. The first kappa shape index (κ1) is 18.5. The van der Waals surface area contributed by atoms with Crippen molar-refractivity contribution in [2.24, 2.45) is 5.92 Å². The summed E-state index contributed by atoms with van der Waals surface area (Å²) in [5.41, 5.74) is 2.33. The summed E-state index contributed by atoms with van der Waals surface area (Å²) >= 11 is 3.48. The van der Waals surface area contributed by atoms with Crippen LogP contribution < -0.4 is 5.32 Å². The summed E-state index contributed by atoms with van der Waals surface area (Å²) < 4.78 is 6.59. The molecule has 0 aliphatic carbocycles. The standard InChI is InChI=1S/C17H28BrNO2/c1-4-14-10-15(18)7-8-17(14)19-11-16(20)12-21-9-5-6-13(2)3/h7-8,10,13,16,19-20H,4-6,9,11-12H2,1-3H3. The van der Waals surface area contributed by atoms with Crippen LogP contribution in [-0.4, -0.2) is 31.0 Å². The third kappa shape index (κ3) is 7.84. The Morgan fingerprint density at radius 3 is 2.76 bits per heavy atom. The molecule has 0 fully saturated rings. The Morgan fingerprint density at radius 1 is 1.33 bits per heavy atom. The number of anilines is 1. The summed E-state index contributed by atoms with van der Waals surface area (Å²) in [6.07, 6.45) is 2.72. The molecule has 21 heavy (non-hydrogen) atoms. The van der Waals surface area contributed by atoms with Crippen LogP contribution in [0.3, 0.4) is 0 Å². The van der Waals surface area contributed by atoms with Crippen molar-refractivity contribution in [1.29, 1.82) is 0 Å². The van der Waals surface area contributed by atoms with E-state index in [-0.39, 0.29) is 0 Å². The van der Waals surface area contributed by atoms with Crippen LogP contribution in [0.1, 0.15) is 39.2 Å². The first-order valence-electron chi connectivity index (χ1n) is 7.81. The number of hydrogen-bond acceptors (Lipinski definition) is 3. The lowest BCUT2D eigenvalue weighted by Gasteiger charge is -2.16. The fraction of sp³-hybridized carbons (Fsp3) is 0.647. The van der Waals surface area contributed by atoms with E-state index in [4.69, 9.17) is 4.74 Å². The van der Waals surface area contributed by atoms with E-state index in [1.165, 1.54) is 12.0 Å². The van der Waals surface area contributed by atoms with Gasteiger partial charge in [0.05, 0.1) is 12.7 Å². The Balaban J connectivity index is 2.25. The highest BCUT2D eigenvalue weighted by Gasteiger charge is 2.07. The normalized spacial score (nSPS) is 12.7. The second-order valence-electron chi connectivity index (χ2n) is 5.80. The van der Waals surface area contributed by atoms with E-state index in [0.29, 0.717) is 19.1 Å². The maximum absolute atomic E-state index is 9.94. The molecule has 120 valence electrons. The lowest BCUT2D eigenvalue weighted by molar-refractivity contribution is 0.0409. The third-order valence-corrected chi connectivity index (χ3v) is 3.85. The van der Waals surface area contributed by atoms with Crippen LogP contribution in [0.15, 0.2) is 22.7 Å². The lowest BCUT2D eigenvalue weighted by Crippen LogP contribution is -2.25. The van der Waals surface area contributed by atoms with Crippen molar-refractivity contribution in [2.45, 2.75) is 46.1 Å². The van der Waals surface area contributed by atoms with Gasteiger partial charge in [-0.15, -0.1) is 0 Å². The van der Waals surface area contributed by atoms with Gasteiger partial charge in [-0.2, -0.15) is 0 Å². The number of nitrogens with one attached hydrogen (secondary N) is 1. The third-order valence-electron chi connectivity index (χ3n) is 3.36. The number of aliphatic hydroxyl groups is 1. The molecule has 1 unspecified atom stereocenters. The summed E-state index contributed by atoms with van der Waals surface area (Å²) in [6.45, 7) is 8.18. The monoisotopic (exact) mass is 357 g/mol. The van der Waals surface area contributed by atoms with Crippen LogP contribution in [0.2, 0.25) is 0 Å². The van der Waals surface area contributed by atoms with Crippen molar-refractivity contribution in [3.63, 3.8) is 0 Å². The maximum Gasteiger partial charge on any atom is 0.0945 e. The second kappa shape index (κ2) is 10.2. The molecule has 0 spiro atoms. The highest BCUT2D eigenvalue weighted by molar-refractivity contribution is 9.10. The van der Waals surface area contributed by atoms with Gasteiger partial charge >= 0.3 is 0 Å². The highest BCUT2D eigenvalue weighted by atomic mass is 79.9. The highest BCUT2D eigenvalue weighted by Crippen LogP contribution is 2.21. The van der Waals surface area contributed by atoms with Gasteiger partial charge in [0.1, 0.15) is 0 Å². The van der Waals surface area contributed by atoms with Crippen LogP contribution >= 0.6 is 15.9 Å². The van der Waals surface area contributed by atoms with E-state index in [0.717, 1.165) is 29.6 Å². The molecule has 3 nitrogen and oxygen atoms in total. The molecule has 0 saturated heterocycles. The molecule has 1 aromatic rings. The van der Waals surface area contributed by atoms with Crippen molar-refractivity contribution in [2.75, 3.05) is 25.1 Å². The topological polar surface area (TPSA) is 41.5 Å². The van der Waals surface area contributed by atoms with Gasteiger partial charge in [-0.05, 0) is 48.9 Å². The molecule has 0 aliphatic rings. The Bertz CT molecular complexity index is 410. The van der Waals surface area contributed by atoms with Gasteiger partial charge in [-0.1, -0.05) is 36.7 Å². The molecular weight excluding hydrogens is 330 g/mol. The Hall–Kier alpha value is -0.580. The van der Waals surface area contributed by atoms with Gasteiger partial charge in [0, 0.05) is 23.3 Å². The summed E-state index contributed by atoms with van der Waals surface area (Å²) in [6, 6.07) is 6.16. The van der Waals surface area contributed by atoms with Crippen LogP contribution in [0.25, 0.3) is 0 Å². The molecule has 4 heteroatoms. The van der Waals surface area contributed by atoms with E-state index in [2.05, 4.69) is 48.1 Å². The van der Waals surface area contributed by atoms with Gasteiger partial charge in [-0.3, -0.25) is 0 Å². The number of aliphatic hydroxyl groups excluding tert-OH is 1.